The molecule has 0 aliphatic carbocycles. The molecule has 0 spiro atoms. The number of aromatic nitrogens is 1. The van der Waals surface area contributed by atoms with Crippen LogP contribution in [0.5, 0.6) is 0 Å². The Morgan fingerprint density at radius 1 is 1.54 bits per heavy atom. The first-order chi connectivity index (χ1) is 6.00. The van der Waals surface area contributed by atoms with Crippen LogP contribution in [0.1, 0.15) is 23.0 Å². The van der Waals surface area contributed by atoms with Gasteiger partial charge in [-0.25, -0.2) is 0 Å². The molecule has 1 aromatic rings. The summed E-state index contributed by atoms with van der Waals surface area (Å²) in [5.74, 6) is -0.487. The Morgan fingerprint density at radius 3 is 2.62 bits per heavy atom. The van der Waals surface area contributed by atoms with E-state index in [-0.39, 0.29) is 11.6 Å². The van der Waals surface area contributed by atoms with Crippen LogP contribution in [-0.2, 0) is 0 Å². The maximum absolute atomic E-state index is 10.9. The summed E-state index contributed by atoms with van der Waals surface area (Å²) < 4.78 is 0. The van der Waals surface area contributed by atoms with Crippen molar-refractivity contribution in [1.82, 2.24) is 4.98 Å². The van der Waals surface area contributed by atoms with Crippen molar-refractivity contribution in [2.45, 2.75) is 13.8 Å². The second kappa shape index (κ2) is 3.30. The largest absolute Gasteiger partial charge is 0.364 e. The van der Waals surface area contributed by atoms with Gasteiger partial charge in [0, 0.05) is 18.6 Å². The number of rotatable bonds is 2. The van der Waals surface area contributed by atoms with E-state index in [2.05, 4.69) is 4.98 Å². The molecule has 0 unspecified atom stereocenters. The second-order valence-corrected chi connectivity index (χ2v) is 2.67. The molecule has 0 saturated heterocycles. The van der Waals surface area contributed by atoms with Crippen LogP contribution >= 0.6 is 0 Å². The Kier molecular flexibility index (Phi) is 2.36. The number of aryl methyl sites for hydroxylation is 1. The van der Waals surface area contributed by atoms with Crippen LogP contribution in [0.15, 0.2) is 12.1 Å². The molecule has 0 fully saturated rings. The van der Waals surface area contributed by atoms with Gasteiger partial charge >= 0.3 is 5.82 Å². The van der Waals surface area contributed by atoms with Gasteiger partial charge in [0.05, 0.1) is 0 Å². The standard InChI is InChI=1S/C8H8N2O3/c1-5-3-7(6(2)11)4-8(9-5)10(12)13/h3-4H,1-2H3. The summed E-state index contributed by atoms with van der Waals surface area (Å²) >= 11 is 0. The lowest BCUT2D eigenvalue weighted by Crippen LogP contribution is -1.99. The Hall–Kier alpha value is -1.78. The van der Waals surface area contributed by atoms with Crippen molar-refractivity contribution in [2.24, 2.45) is 0 Å². The van der Waals surface area contributed by atoms with Crippen molar-refractivity contribution in [3.05, 3.63) is 33.5 Å². The van der Waals surface area contributed by atoms with Crippen LogP contribution in [0.25, 0.3) is 0 Å². The number of nitro groups is 1. The molecule has 0 saturated carbocycles. The number of carbonyl (C=O) groups excluding carboxylic acids is 1. The summed E-state index contributed by atoms with van der Waals surface area (Å²) in [4.78, 5) is 24.3. The first-order valence-electron chi connectivity index (χ1n) is 3.64. The van der Waals surface area contributed by atoms with E-state index in [0.717, 1.165) is 0 Å². The maximum Gasteiger partial charge on any atom is 0.364 e. The molecule has 13 heavy (non-hydrogen) atoms. The molecule has 5 heteroatoms. The Morgan fingerprint density at radius 2 is 2.15 bits per heavy atom. The molecule has 0 atom stereocenters. The van der Waals surface area contributed by atoms with Gasteiger partial charge < -0.3 is 10.1 Å². The van der Waals surface area contributed by atoms with E-state index in [1.807, 2.05) is 0 Å². The third-order valence-corrected chi connectivity index (χ3v) is 1.53. The molecule has 1 rings (SSSR count). The normalized spacial score (nSPS) is 9.69. The quantitative estimate of drug-likeness (QED) is 0.392. The van der Waals surface area contributed by atoms with Crippen LogP contribution in [0.2, 0.25) is 0 Å². The molecule has 1 aromatic heterocycles. The summed E-state index contributed by atoms with van der Waals surface area (Å²) in [5, 5.41) is 10.4. The molecule has 0 aliphatic heterocycles. The summed E-state index contributed by atoms with van der Waals surface area (Å²) in [6.07, 6.45) is 0. The van der Waals surface area contributed by atoms with Crippen molar-refractivity contribution < 1.29 is 9.72 Å². The molecule has 5 nitrogen and oxygen atoms in total. The fourth-order valence-corrected chi connectivity index (χ4v) is 0.948. The van der Waals surface area contributed by atoms with Crippen molar-refractivity contribution >= 4 is 11.6 Å². The van der Waals surface area contributed by atoms with E-state index in [1.54, 1.807) is 6.92 Å². The lowest BCUT2D eigenvalue weighted by atomic mass is 10.1. The third kappa shape index (κ3) is 2.08. The average Bonchev–Trinajstić information content (AvgIpc) is 2.03. The fraction of sp³-hybridized carbons (Fsp3) is 0.250. The summed E-state index contributed by atoms with van der Waals surface area (Å²) in [7, 11) is 0. The van der Waals surface area contributed by atoms with Gasteiger partial charge in [0.15, 0.2) is 11.5 Å². The highest BCUT2D eigenvalue weighted by molar-refractivity contribution is 5.94. The van der Waals surface area contributed by atoms with Gasteiger partial charge in [-0.05, 0) is 22.9 Å². The zero-order chi connectivity index (χ0) is 10.0. The molecule has 0 radical (unpaired) electrons. The molecular formula is C8H8N2O3. The predicted octanol–water partition coefficient (Wildman–Crippen LogP) is 1.50. The number of nitrogens with zero attached hydrogens (tertiary/aromatic N) is 2. The van der Waals surface area contributed by atoms with E-state index in [1.165, 1.54) is 19.1 Å². The third-order valence-electron chi connectivity index (χ3n) is 1.53. The van der Waals surface area contributed by atoms with Gasteiger partial charge in [-0.3, -0.25) is 4.79 Å². The molecule has 1 heterocycles. The molecule has 0 bridgehead atoms. The Labute approximate surface area is 74.6 Å². The van der Waals surface area contributed by atoms with Crippen molar-refractivity contribution in [3.63, 3.8) is 0 Å². The van der Waals surface area contributed by atoms with Crippen LogP contribution in [0.3, 0.4) is 0 Å². The smallest absolute Gasteiger partial charge is 0.358 e. The first kappa shape index (κ1) is 9.31. The number of Topliss-reactive ketones (excluding diaryl/α,β-unsaturated/α-hetero) is 1. The monoisotopic (exact) mass is 180 g/mol. The van der Waals surface area contributed by atoms with E-state index in [9.17, 15) is 14.9 Å². The second-order valence-electron chi connectivity index (χ2n) is 2.67. The van der Waals surface area contributed by atoms with Crippen LogP contribution < -0.4 is 0 Å². The minimum Gasteiger partial charge on any atom is -0.358 e. The highest BCUT2D eigenvalue weighted by Crippen LogP contribution is 2.12. The lowest BCUT2D eigenvalue weighted by molar-refractivity contribution is -0.389. The van der Waals surface area contributed by atoms with Crippen LogP contribution in [0.4, 0.5) is 5.82 Å². The molecule has 0 aliphatic rings. The summed E-state index contributed by atoms with van der Waals surface area (Å²) in [5.41, 5.74) is 0.790. The predicted molar refractivity (Wildman–Crippen MR) is 45.6 cm³/mol. The number of pyridine rings is 1. The number of hydrogen-bond donors (Lipinski definition) is 0. The SMILES string of the molecule is CC(=O)c1cc(C)nc([N+](=O)[O-])c1. The summed E-state index contributed by atoms with van der Waals surface area (Å²) in [6, 6.07) is 2.70. The maximum atomic E-state index is 10.9. The Balaban J connectivity index is 3.26. The van der Waals surface area contributed by atoms with Crippen molar-refractivity contribution in [3.8, 4) is 0 Å². The molecule has 0 aromatic carbocycles. The number of carbonyl (C=O) groups is 1. The highest BCUT2D eigenvalue weighted by atomic mass is 16.6. The van der Waals surface area contributed by atoms with E-state index in [0.29, 0.717) is 11.3 Å². The molecular weight excluding hydrogens is 172 g/mol. The fourth-order valence-electron chi connectivity index (χ4n) is 0.948. The zero-order valence-electron chi connectivity index (χ0n) is 7.27. The van der Waals surface area contributed by atoms with Gasteiger partial charge in [0.1, 0.15) is 0 Å². The first-order valence-corrected chi connectivity index (χ1v) is 3.64. The minimum atomic E-state index is -0.612. The van der Waals surface area contributed by atoms with E-state index >= 15 is 0 Å². The zero-order valence-corrected chi connectivity index (χ0v) is 7.27. The molecule has 0 N–H and O–H groups in total. The summed E-state index contributed by atoms with van der Waals surface area (Å²) in [6.45, 7) is 2.97. The van der Waals surface area contributed by atoms with Gasteiger partial charge in [0.25, 0.3) is 0 Å². The topological polar surface area (TPSA) is 73.1 Å². The van der Waals surface area contributed by atoms with E-state index < -0.39 is 4.92 Å². The van der Waals surface area contributed by atoms with Gasteiger partial charge in [-0.1, -0.05) is 0 Å². The number of hydrogen-bond acceptors (Lipinski definition) is 4. The highest BCUT2D eigenvalue weighted by Gasteiger charge is 2.12. The van der Waals surface area contributed by atoms with Crippen molar-refractivity contribution in [2.75, 3.05) is 0 Å². The van der Waals surface area contributed by atoms with Gasteiger partial charge in [0.2, 0.25) is 0 Å². The van der Waals surface area contributed by atoms with Crippen molar-refractivity contribution in [1.29, 1.82) is 0 Å². The van der Waals surface area contributed by atoms with Gasteiger partial charge in [-0.15, -0.1) is 0 Å². The van der Waals surface area contributed by atoms with E-state index in [4.69, 9.17) is 0 Å². The minimum absolute atomic E-state index is 0.200. The van der Waals surface area contributed by atoms with Gasteiger partial charge in [-0.2, -0.15) is 0 Å². The number of ketones is 1. The molecule has 68 valence electrons. The molecule has 0 amide bonds. The lowest BCUT2D eigenvalue weighted by Gasteiger charge is -1.96. The average molecular weight is 180 g/mol. The van der Waals surface area contributed by atoms with Crippen LogP contribution in [0, 0.1) is 17.0 Å². The Bertz CT molecular complexity index is 341. The van der Waals surface area contributed by atoms with Crippen LogP contribution in [-0.4, -0.2) is 15.7 Å².